The van der Waals surface area contributed by atoms with Crippen LogP contribution in [0.2, 0.25) is 0 Å². The maximum absolute atomic E-state index is 5.15. The van der Waals surface area contributed by atoms with Crippen LogP contribution in [0.4, 0.5) is 0 Å². The first kappa shape index (κ1) is 34.6. The molecule has 0 N–H and O–H groups in total. The van der Waals surface area contributed by atoms with Crippen molar-refractivity contribution in [3.8, 4) is 79.5 Å². The van der Waals surface area contributed by atoms with Crippen molar-refractivity contribution in [3.05, 3.63) is 169 Å². The number of nitrogens with zero attached hydrogens (tertiary/aromatic N) is 6. The third kappa shape index (κ3) is 6.58. The zero-order valence-electron chi connectivity index (χ0n) is 32.2. The summed E-state index contributed by atoms with van der Waals surface area (Å²) in [4.78, 5) is 30.1. The number of rotatable bonds is 8. The Balaban J connectivity index is 0.953. The zero-order chi connectivity index (χ0) is 38.5. The van der Waals surface area contributed by atoms with Crippen molar-refractivity contribution >= 4 is 0 Å². The molecule has 6 heteroatoms. The van der Waals surface area contributed by atoms with Crippen LogP contribution in [0, 0.1) is 17.8 Å². The van der Waals surface area contributed by atoms with Gasteiger partial charge in [-0.25, -0.2) is 29.9 Å². The quantitative estimate of drug-likeness (QED) is 0.154. The van der Waals surface area contributed by atoms with E-state index in [1.807, 2.05) is 78.9 Å². The topological polar surface area (TPSA) is 77.3 Å². The molecule has 0 amide bonds. The van der Waals surface area contributed by atoms with Crippen molar-refractivity contribution in [2.45, 2.75) is 43.9 Å². The molecule has 0 radical (unpaired) electrons. The molecule has 4 aliphatic rings. The fraction of sp³-hybridized carbons (Fsp3) is 0.192. The van der Waals surface area contributed by atoms with Gasteiger partial charge in [0.2, 0.25) is 0 Å². The van der Waals surface area contributed by atoms with Crippen molar-refractivity contribution in [1.29, 1.82) is 0 Å². The fourth-order valence-corrected chi connectivity index (χ4v) is 10.4. The second-order valence-electron chi connectivity index (χ2n) is 16.6. The van der Waals surface area contributed by atoms with Crippen LogP contribution in [0.25, 0.3) is 79.5 Å². The fourth-order valence-electron chi connectivity index (χ4n) is 10.4. The number of hydrogen-bond acceptors (Lipinski definition) is 6. The Kier molecular flexibility index (Phi) is 8.57. The Bertz CT molecular complexity index is 2660. The number of hydrogen-bond donors (Lipinski definition) is 0. The van der Waals surface area contributed by atoms with E-state index in [9.17, 15) is 0 Å². The summed E-state index contributed by atoms with van der Waals surface area (Å²) >= 11 is 0. The van der Waals surface area contributed by atoms with Crippen LogP contribution in [0.15, 0.2) is 164 Å². The molecule has 0 spiro atoms. The molecule has 6 aromatic carbocycles. The number of aromatic nitrogens is 6. The van der Waals surface area contributed by atoms with Crippen LogP contribution >= 0.6 is 0 Å². The van der Waals surface area contributed by atoms with Gasteiger partial charge in [-0.1, -0.05) is 152 Å². The predicted octanol–water partition coefficient (Wildman–Crippen LogP) is 12.2. The summed E-state index contributed by atoms with van der Waals surface area (Å²) in [6.45, 7) is 0. The Morgan fingerprint density at radius 3 is 0.948 bits per heavy atom. The van der Waals surface area contributed by atoms with Gasteiger partial charge in [0.15, 0.2) is 34.9 Å². The molecule has 12 rings (SSSR count). The van der Waals surface area contributed by atoms with E-state index in [-0.39, 0.29) is 0 Å². The lowest BCUT2D eigenvalue weighted by molar-refractivity contribution is -0.00518. The first-order chi connectivity index (χ1) is 28.6. The first-order valence-electron chi connectivity index (χ1n) is 20.6. The van der Waals surface area contributed by atoms with E-state index in [4.69, 9.17) is 29.9 Å². The van der Waals surface area contributed by atoms with Crippen LogP contribution in [0.5, 0.6) is 0 Å². The maximum Gasteiger partial charge on any atom is 0.164 e. The van der Waals surface area contributed by atoms with Crippen molar-refractivity contribution in [2.24, 2.45) is 17.8 Å². The van der Waals surface area contributed by atoms with E-state index < -0.39 is 0 Å². The molecule has 4 bridgehead atoms. The Morgan fingerprint density at radius 2 is 0.586 bits per heavy atom. The summed E-state index contributed by atoms with van der Waals surface area (Å²) in [5.74, 6) is 6.62. The molecule has 4 aliphatic carbocycles. The van der Waals surface area contributed by atoms with Gasteiger partial charge < -0.3 is 0 Å². The molecule has 0 atom stereocenters. The van der Waals surface area contributed by atoms with Crippen LogP contribution in [-0.2, 0) is 5.41 Å². The lowest BCUT2D eigenvalue weighted by Gasteiger charge is -2.57. The SMILES string of the molecule is c1ccc(-c2nc(-c3ccccc3)nc(-c3cccc(-c4cccc(-c5nc(-c6ccccc6)nc(-c6ccc(C78CC9CC(CC(C9)C7)C8)cc6)n5)c4)c3)n2)cc1. The molecular formula is C52H42N6. The minimum atomic E-state index is 0.350. The van der Waals surface area contributed by atoms with Crippen LogP contribution in [0.3, 0.4) is 0 Å². The van der Waals surface area contributed by atoms with Gasteiger partial charge in [-0.15, -0.1) is 0 Å². The van der Waals surface area contributed by atoms with Gasteiger partial charge in [0, 0.05) is 33.4 Å². The van der Waals surface area contributed by atoms with Crippen LogP contribution in [-0.4, -0.2) is 29.9 Å². The van der Waals surface area contributed by atoms with Gasteiger partial charge >= 0.3 is 0 Å². The van der Waals surface area contributed by atoms with Gasteiger partial charge in [0.25, 0.3) is 0 Å². The second kappa shape index (κ2) is 14.4. The largest absolute Gasteiger partial charge is 0.208 e. The monoisotopic (exact) mass is 750 g/mol. The molecule has 0 saturated heterocycles. The molecule has 6 nitrogen and oxygen atoms in total. The molecular weight excluding hydrogens is 709 g/mol. The van der Waals surface area contributed by atoms with Gasteiger partial charge in [-0.05, 0) is 90.5 Å². The van der Waals surface area contributed by atoms with Gasteiger partial charge in [-0.2, -0.15) is 0 Å². The molecule has 4 saturated carbocycles. The molecule has 4 fully saturated rings. The summed E-state index contributed by atoms with van der Waals surface area (Å²) in [6.07, 6.45) is 8.40. The Hall–Kier alpha value is -6.66. The third-order valence-electron chi connectivity index (χ3n) is 12.7. The molecule has 280 valence electrons. The van der Waals surface area contributed by atoms with E-state index in [0.29, 0.717) is 40.4 Å². The van der Waals surface area contributed by atoms with E-state index in [1.165, 1.54) is 44.1 Å². The highest BCUT2D eigenvalue weighted by Crippen LogP contribution is 2.60. The maximum atomic E-state index is 5.15. The normalized spacial score (nSPS) is 20.6. The average Bonchev–Trinajstić information content (AvgIpc) is 3.29. The zero-order valence-corrected chi connectivity index (χ0v) is 32.2. The second-order valence-corrected chi connectivity index (χ2v) is 16.6. The van der Waals surface area contributed by atoms with E-state index in [1.54, 1.807) is 0 Å². The Labute approximate surface area is 339 Å². The van der Waals surface area contributed by atoms with Crippen molar-refractivity contribution in [3.63, 3.8) is 0 Å². The molecule has 58 heavy (non-hydrogen) atoms. The lowest BCUT2D eigenvalue weighted by atomic mass is 9.48. The van der Waals surface area contributed by atoms with Crippen molar-refractivity contribution in [2.75, 3.05) is 0 Å². The summed E-state index contributed by atoms with van der Waals surface area (Å²) in [7, 11) is 0. The van der Waals surface area contributed by atoms with E-state index >= 15 is 0 Å². The highest BCUT2D eigenvalue weighted by Gasteiger charge is 2.51. The van der Waals surface area contributed by atoms with Crippen molar-refractivity contribution < 1.29 is 0 Å². The van der Waals surface area contributed by atoms with Gasteiger partial charge in [-0.3, -0.25) is 0 Å². The van der Waals surface area contributed by atoms with Crippen LogP contribution in [0.1, 0.15) is 44.1 Å². The molecule has 0 aliphatic heterocycles. The summed E-state index contributed by atoms with van der Waals surface area (Å²) in [6, 6.07) is 56.5. The first-order valence-corrected chi connectivity index (χ1v) is 20.6. The minimum Gasteiger partial charge on any atom is -0.208 e. The molecule has 0 unspecified atom stereocenters. The van der Waals surface area contributed by atoms with Gasteiger partial charge in [0.1, 0.15) is 0 Å². The molecule has 2 heterocycles. The van der Waals surface area contributed by atoms with Crippen molar-refractivity contribution in [1.82, 2.24) is 29.9 Å². The highest BCUT2D eigenvalue weighted by atomic mass is 15.0. The summed E-state index contributed by atoms with van der Waals surface area (Å²) < 4.78 is 0. The Morgan fingerprint density at radius 1 is 0.293 bits per heavy atom. The predicted molar refractivity (Wildman–Crippen MR) is 231 cm³/mol. The lowest BCUT2D eigenvalue weighted by Crippen LogP contribution is -2.48. The highest BCUT2D eigenvalue weighted by molar-refractivity contribution is 5.76. The standard InChI is InChI=1S/C52H42N6/c1-4-12-37(13-5-1)46-53-47(38-14-6-2-7-15-38)56-50(55-46)43-20-10-18-41(29-43)42-19-11-21-44(30-42)51-57-48(39-16-8-3-9-17-39)54-49(58-51)40-22-24-45(25-23-40)52-31-34-26-35(32-52)28-36(27-34)33-52/h1-25,29-30,34-36H,26-28,31-33H2. The minimum absolute atomic E-state index is 0.350. The summed E-state index contributed by atoms with van der Waals surface area (Å²) in [5, 5.41) is 0. The van der Waals surface area contributed by atoms with Crippen LogP contribution < -0.4 is 0 Å². The molecule has 2 aromatic heterocycles. The third-order valence-corrected chi connectivity index (χ3v) is 12.7. The van der Waals surface area contributed by atoms with E-state index in [0.717, 1.165) is 62.3 Å². The summed E-state index contributed by atoms with van der Waals surface area (Å²) in [5.41, 5.74) is 9.63. The van der Waals surface area contributed by atoms with Gasteiger partial charge in [0.05, 0.1) is 0 Å². The molecule has 8 aromatic rings. The van der Waals surface area contributed by atoms with E-state index in [2.05, 4.69) is 84.9 Å². The number of benzene rings is 6. The smallest absolute Gasteiger partial charge is 0.164 e. The average molecular weight is 751 g/mol.